The second-order valence-electron chi connectivity index (χ2n) is 10.2. The summed E-state index contributed by atoms with van der Waals surface area (Å²) in [6.45, 7) is 6.68. The van der Waals surface area contributed by atoms with Crippen LogP contribution >= 0.6 is 11.8 Å². The van der Waals surface area contributed by atoms with Gasteiger partial charge in [-0.05, 0) is 25.5 Å². The van der Waals surface area contributed by atoms with Gasteiger partial charge in [-0.15, -0.1) is 11.8 Å². The molecule has 0 aromatic heterocycles. The van der Waals surface area contributed by atoms with Gasteiger partial charge in [0.25, 0.3) is 5.69 Å². The van der Waals surface area contributed by atoms with E-state index in [9.17, 15) is 29.3 Å². The zero-order valence-electron chi connectivity index (χ0n) is 23.9. The molecule has 13 nitrogen and oxygen atoms in total. The summed E-state index contributed by atoms with van der Waals surface area (Å²) in [5.41, 5.74) is -0.112. The van der Waals surface area contributed by atoms with E-state index in [1.165, 1.54) is 37.0 Å². The summed E-state index contributed by atoms with van der Waals surface area (Å²) >= 11 is 1.29. The van der Waals surface area contributed by atoms with Crippen molar-refractivity contribution in [3.8, 4) is 11.5 Å². The Bertz CT molecular complexity index is 1450. The maximum Gasteiger partial charge on any atom is 0.352 e. The lowest BCUT2D eigenvalue weighted by molar-refractivity contribution is -0.386. The van der Waals surface area contributed by atoms with Crippen molar-refractivity contribution in [2.45, 2.75) is 48.6 Å². The third kappa shape index (κ3) is 6.28. The highest BCUT2D eigenvalue weighted by Gasteiger charge is 2.64. The van der Waals surface area contributed by atoms with Crippen LogP contribution in [0.5, 0.6) is 11.5 Å². The van der Waals surface area contributed by atoms with Gasteiger partial charge in [-0.2, -0.15) is 0 Å². The molecule has 2 saturated heterocycles. The number of fused-ring (bicyclic) bond motifs is 1. The van der Waals surface area contributed by atoms with E-state index in [0.717, 1.165) is 17.7 Å². The fourth-order valence-corrected chi connectivity index (χ4v) is 6.64. The van der Waals surface area contributed by atoms with Crippen molar-refractivity contribution in [2.24, 2.45) is 0 Å². The number of benzene rings is 2. The minimum absolute atomic E-state index is 0.0187. The van der Waals surface area contributed by atoms with Crippen LogP contribution in [-0.4, -0.2) is 76.6 Å². The molecule has 0 saturated carbocycles. The first-order valence-corrected chi connectivity index (χ1v) is 14.0. The third-order valence-corrected chi connectivity index (χ3v) is 8.56. The van der Waals surface area contributed by atoms with Crippen molar-refractivity contribution in [3.63, 3.8) is 0 Å². The number of rotatable bonds is 12. The van der Waals surface area contributed by atoms with E-state index in [-0.39, 0.29) is 36.0 Å². The van der Waals surface area contributed by atoms with E-state index in [0.29, 0.717) is 0 Å². The third-order valence-electron chi connectivity index (χ3n) is 6.99. The van der Waals surface area contributed by atoms with Crippen molar-refractivity contribution in [3.05, 3.63) is 76.4 Å². The Morgan fingerprint density at radius 2 is 1.81 bits per heavy atom. The lowest BCUT2D eigenvalue weighted by Crippen LogP contribution is -2.70. The minimum Gasteiger partial charge on any atom is -0.493 e. The molecular weight excluding hydrogens is 582 g/mol. The molecule has 2 aromatic carbocycles. The summed E-state index contributed by atoms with van der Waals surface area (Å²) in [7, 11) is 2.59. The maximum atomic E-state index is 13.7. The molecule has 0 bridgehead atoms. The summed E-state index contributed by atoms with van der Waals surface area (Å²) in [6.07, 6.45) is -0.521. The van der Waals surface area contributed by atoms with Gasteiger partial charge in [0.2, 0.25) is 17.9 Å². The Kier molecular flexibility index (Phi) is 9.28. The summed E-state index contributed by atoms with van der Waals surface area (Å²) in [5, 5.41) is 14.2. The zero-order valence-corrected chi connectivity index (χ0v) is 24.8. The maximum absolute atomic E-state index is 13.7. The summed E-state index contributed by atoms with van der Waals surface area (Å²) < 4.78 is 20.2. The number of amides is 2. The summed E-state index contributed by atoms with van der Waals surface area (Å²) in [4.78, 5) is 65.2. The molecule has 4 atom stereocenters. The lowest BCUT2D eigenvalue weighted by atomic mass is 9.95. The number of carbonyl (C=O) groups excluding carboxylic acids is 4. The average molecular weight is 614 g/mol. The summed E-state index contributed by atoms with van der Waals surface area (Å²) in [6, 6.07) is 9.21. The fourth-order valence-electron chi connectivity index (χ4n) is 5.02. The number of nitrogens with zero attached hydrogens (tertiary/aromatic N) is 2. The first-order valence-electron chi connectivity index (χ1n) is 13.1. The van der Waals surface area contributed by atoms with Crippen molar-refractivity contribution in [1.82, 2.24) is 10.2 Å². The molecule has 2 aliphatic rings. The molecule has 2 aliphatic heterocycles. The molecule has 2 aromatic rings. The van der Waals surface area contributed by atoms with Gasteiger partial charge in [-0.25, -0.2) is 9.59 Å². The van der Waals surface area contributed by atoms with Gasteiger partial charge in [-0.1, -0.05) is 43.0 Å². The van der Waals surface area contributed by atoms with E-state index in [1.54, 1.807) is 26.0 Å². The van der Waals surface area contributed by atoms with Crippen LogP contribution in [0.25, 0.3) is 0 Å². The molecule has 43 heavy (non-hydrogen) atoms. The van der Waals surface area contributed by atoms with Crippen LogP contribution in [0.1, 0.15) is 31.1 Å². The van der Waals surface area contributed by atoms with Gasteiger partial charge < -0.3 is 29.2 Å². The first kappa shape index (κ1) is 31.3. The Labute approximate surface area is 251 Å². The molecule has 228 valence electrons. The summed E-state index contributed by atoms with van der Waals surface area (Å²) in [5.74, 6) is -2.85. The lowest BCUT2D eigenvalue weighted by Gasteiger charge is -2.44. The molecule has 1 N–H and O–H groups in total. The number of hydrogen-bond acceptors (Lipinski definition) is 11. The van der Waals surface area contributed by atoms with Crippen LogP contribution in [0.15, 0.2) is 55.1 Å². The highest BCUT2D eigenvalue weighted by molar-refractivity contribution is 8.01. The normalized spacial score (nSPS) is 20.6. The molecule has 2 amide bonds. The molecule has 1 unspecified atom stereocenters. The van der Waals surface area contributed by atoms with Gasteiger partial charge in [0.05, 0.1) is 37.2 Å². The molecule has 0 spiro atoms. The van der Waals surface area contributed by atoms with E-state index in [1.807, 2.05) is 18.2 Å². The largest absolute Gasteiger partial charge is 0.493 e. The monoisotopic (exact) mass is 613 g/mol. The highest BCUT2D eigenvalue weighted by atomic mass is 32.2. The van der Waals surface area contributed by atoms with Gasteiger partial charge in [0.1, 0.15) is 24.1 Å². The Morgan fingerprint density at radius 3 is 2.42 bits per heavy atom. The van der Waals surface area contributed by atoms with Gasteiger partial charge in [0.15, 0.2) is 11.5 Å². The van der Waals surface area contributed by atoms with E-state index >= 15 is 0 Å². The zero-order chi connectivity index (χ0) is 31.5. The fraction of sp³-hybridized carbons (Fsp3) is 0.379. The number of nitro benzene ring substituents is 1. The molecule has 2 fully saturated rings. The molecular formula is C29H31N3O10S. The van der Waals surface area contributed by atoms with Crippen molar-refractivity contribution in [2.75, 3.05) is 20.8 Å². The van der Waals surface area contributed by atoms with E-state index in [4.69, 9.17) is 18.9 Å². The molecule has 4 rings (SSSR count). The Hall–Kier alpha value is -4.59. The van der Waals surface area contributed by atoms with Crippen LogP contribution in [-0.2, 0) is 35.1 Å². The number of nitrogens with one attached hydrogen (secondary N) is 1. The molecule has 14 heteroatoms. The Balaban J connectivity index is 1.59. The van der Waals surface area contributed by atoms with Crippen LogP contribution in [0.4, 0.5) is 5.69 Å². The van der Waals surface area contributed by atoms with Crippen molar-refractivity contribution < 1.29 is 43.0 Å². The number of ether oxygens (including phenoxy) is 4. The number of methoxy groups -OCH3 is 2. The standard InChI is InChI=1S/C29H31N3O10S/c1-6-12-41-27(35)23(17-14-19(39-4)20(40-5)15-18(17)32(37)38)42-28(36)24-29(2,3)43-26-22(25(34)31(24)26)30-21(33)13-16-10-8-7-9-11-16/h6-11,14-15,22-24,26H,1,12-13H2,2-5H3,(H,30,33)/t22-,23?,24+,26-/m1/s1. The van der Waals surface area contributed by atoms with Crippen LogP contribution in [0.2, 0.25) is 0 Å². The topological polar surface area (TPSA) is 164 Å². The SMILES string of the molecule is C=CCOC(=O)C(OC(=O)[C@@H]1N2C(=O)[C@@H](NC(=O)Cc3ccccc3)[C@H]2SC1(C)C)c1cc(OC)c(OC)cc1[N+](=O)[O-]. The Morgan fingerprint density at radius 1 is 1.16 bits per heavy atom. The molecule has 2 heterocycles. The van der Waals surface area contributed by atoms with Crippen LogP contribution in [0, 0.1) is 10.1 Å². The molecule has 0 aliphatic carbocycles. The number of nitro groups is 1. The average Bonchev–Trinajstić information content (AvgIpc) is 3.24. The number of esters is 2. The van der Waals surface area contributed by atoms with Gasteiger partial charge in [0, 0.05) is 4.75 Å². The number of carbonyl (C=O) groups is 4. The van der Waals surface area contributed by atoms with Crippen LogP contribution < -0.4 is 14.8 Å². The number of β-lactam (4-membered cyclic amide) rings is 1. The highest BCUT2D eigenvalue weighted by Crippen LogP contribution is 2.51. The second kappa shape index (κ2) is 12.7. The van der Waals surface area contributed by atoms with Crippen LogP contribution in [0.3, 0.4) is 0 Å². The van der Waals surface area contributed by atoms with Gasteiger partial charge >= 0.3 is 11.9 Å². The predicted octanol–water partition coefficient (Wildman–Crippen LogP) is 2.72. The van der Waals surface area contributed by atoms with E-state index in [2.05, 4.69) is 11.9 Å². The number of thioether (sulfide) groups is 1. The quantitative estimate of drug-likeness (QED) is 0.123. The van der Waals surface area contributed by atoms with Crippen molar-refractivity contribution >= 4 is 41.2 Å². The van der Waals surface area contributed by atoms with Crippen molar-refractivity contribution in [1.29, 1.82) is 0 Å². The molecule has 0 radical (unpaired) electrons. The predicted molar refractivity (Wildman–Crippen MR) is 154 cm³/mol. The van der Waals surface area contributed by atoms with Gasteiger partial charge in [-0.3, -0.25) is 19.7 Å². The minimum atomic E-state index is -1.88. The van der Waals surface area contributed by atoms with E-state index < -0.39 is 56.8 Å². The first-order chi connectivity index (χ1) is 20.4. The second-order valence-corrected chi connectivity index (χ2v) is 12.0. The number of hydrogen-bond donors (Lipinski definition) is 1. The smallest absolute Gasteiger partial charge is 0.352 e.